The Balaban J connectivity index is 2.30. The summed E-state index contributed by atoms with van der Waals surface area (Å²) < 4.78 is 28.8. The van der Waals surface area contributed by atoms with Gasteiger partial charge in [-0.05, 0) is 18.2 Å². The molecule has 17 heavy (non-hydrogen) atoms. The van der Waals surface area contributed by atoms with E-state index in [4.69, 9.17) is 4.18 Å². The fourth-order valence-corrected chi connectivity index (χ4v) is 2.18. The molecule has 1 aromatic carbocycles. The Hall–Kier alpha value is -2.08. The largest absolute Gasteiger partial charge is 0.619 e. The molecule has 0 atom stereocenters. The van der Waals surface area contributed by atoms with E-state index < -0.39 is 10.1 Å². The Morgan fingerprint density at radius 1 is 1.06 bits per heavy atom. The predicted octanol–water partition coefficient (Wildman–Crippen LogP) is 1.09. The van der Waals surface area contributed by atoms with Gasteiger partial charge in [0.2, 0.25) is 11.9 Å². The fraction of sp³-hybridized carbons (Fsp3) is 0. The molecule has 0 N–H and O–H groups in total. The van der Waals surface area contributed by atoms with E-state index in [1.807, 2.05) is 0 Å². The number of rotatable bonds is 3. The Morgan fingerprint density at radius 2 is 1.76 bits per heavy atom. The smallest absolute Gasteiger partial charge is 0.339 e. The molecule has 0 aliphatic carbocycles. The number of pyridine rings is 1. The van der Waals surface area contributed by atoms with Crippen molar-refractivity contribution in [2.45, 2.75) is 4.90 Å². The maximum Gasteiger partial charge on any atom is 0.339 e. The molecule has 0 aliphatic rings. The van der Waals surface area contributed by atoms with E-state index in [9.17, 15) is 13.6 Å². The minimum Gasteiger partial charge on any atom is -0.619 e. The third kappa shape index (κ3) is 2.73. The second kappa shape index (κ2) is 4.42. The van der Waals surface area contributed by atoms with Crippen LogP contribution in [0.2, 0.25) is 0 Å². The molecule has 0 unspecified atom stereocenters. The van der Waals surface area contributed by atoms with E-state index in [0.717, 1.165) is 6.20 Å². The predicted molar refractivity (Wildman–Crippen MR) is 59.7 cm³/mol. The normalized spacial score (nSPS) is 11.1. The molecule has 0 saturated heterocycles. The molecule has 0 fully saturated rings. The van der Waals surface area contributed by atoms with Crippen molar-refractivity contribution in [3.63, 3.8) is 0 Å². The van der Waals surface area contributed by atoms with Gasteiger partial charge < -0.3 is 9.39 Å². The first-order valence-electron chi connectivity index (χ1n) is 4.76. The van der Waals surface area contributed by atoms with Crippen molar-refractivity contribution in [3.8, 4) is 5.75 Å². The molecule has 0 aliphatic heterocycles. The minimum atomic E-state index is -3.88. The average molecular weight is 251 g/mol. The fourth-order valence-electron chi connectivity index (χ4n) is 1.25. The molecule has 1 aromatic heterocycles. The summed E-state index contributed by atoms with van der Waals surface area (Å²) in [6, 6.07) is 10.5. The molecule has 0 spiro atoms. The van der Waals surface area contributed by atoms with Gasteiger partial charge in [0.25, 0.3) is 0 Å². The van der Waals surface area contributed by atoms with Crippen LogP contribution in [0, 0.1) is 5.21 Å². The lowest BCUT2D eigenvalue weighted by Gasteiger charge is -2.05. The quantitative estimate of drug-likeness (QED) is 0.465. The summed E-state index contributed by atoms with van der Waals surface area (Å²) in [5, 5.41) is 11.0. The Bertz CT molecular complexity index is 610. The highest BCUT2D eigenvalue weighted by atomic mass is 32.2. The number of hydrogen-bond donors (Lipinski definition) is 0. The van der Waals surface area contributed by atoms with E-state index in [1.165, 1.54) is 30.5 Å². The van der Waals surface area contributed by atoms with Crippen molar-refractivity contribution >= 4 is 10.1 Å². The zero-order chi connectivity index (χ0) is 12.3. The van der Waals surface area contributed by atoms with Crippen LogP contribution in [0.3, 0.4) is 0 Å². The number of benzene rings is 1. The molecular formula is C11H9NO4S. The summed E-state index contributed by atoms with van der Waals surface area (Å²) in [6.07, 6.45) is 2.28. The summed E-state index contributed by atoms with van der Waals surface area (Å²) in [4.78, 5) is 0.0429. The van der Waals surface area contributed by atoms with E-state index in [2.05, 4.69) is 0 Å². The van der Waals surface area contributed by atoms with Gasteiger partial charge in [-0.15, -0.1) is 0 Å². The molecule has 0 saturated carbocycles. The van der Waals surface area contributed by atoms with Crippen molar-refractivity contribution in [1.82, 2.24) is 0 Å². The third-order valence-corrected chi connectivity index (χ3v) is 3.25. The van der Waals surface area contributed by atoms with Gasteiger partial charge in [0.1, 0.15) is 4.90 Å². The molecule has 2 rings (SSSR count). The highest BCUT2D eigenvalue weighted by Gasteiger charge is 2.16. The van der Waals surface area contributed by atoms with E-state index in [1.54, 1.807) is 18.2 Å². The van der Waals surface area contributed by atoms with Crippen LogP contribution in [0.5, 0.6) is 5.75 Å². The van der Waals surface area contributed by atoms with Crippen LogP contribution >= 0.6 is 0 Å². The first-order valence-corrected chi connectivity index (χ1v) is 6.17. The average Bonchev–Trinajstić information content (AvgIpc) is 2.29. The van der Waals surface area contributed by atoms with Gasteiger partial charge >= 0.3 is 10.1 Å². The van der Waals surface area contributed by atoms with Crippen LogP contribution in [-0.4, -0.2) is 8.42 Å². The lowest BCUT2D eigenvalue weighted by molar-refractivity contribution is -0.605. The van der Waals surface area contributed by atoms with Crippen LogP contribution in [0.25, 0.3) is 0 Å². The summed E-state index contributed by atoms with van der Waals surface area (Å²) >= 11 is 0. The summed E-state index contributed by atoms with van der Waals surface area (Å²) in [5.41, 5.74) is 0. The number of nitrogens with zero attached hydrogens (tertiary/aromatic N) is 1. The first kappa shape index (κ1) is 11.4. The standard InChI is InChI=1S/C11H9NO4S/c13-12-8-4-5-10(9-12)16-17(14,15)11-6-2-1-3-7-11/h1-9H. The van der Waals surface area contributed by atoms with Crippen LogP contribution in [-0.2, 0) is 10.1 Å². The third-order valence-electron chi connectivity index (χ3n) is 1.99. The maximum absolute atomic E-state index is 11.8. The van der Waals surface area contributed by atoms with Gasteiger partial charge in [-0.1, -0.05) is 18.2 Å². The monoisotopic (exact) mass is 251 g/mol. The minimum absolute atomic E-state index is 0.0219. The van der Waals surface area contributed by atoms with Gasteiger partial charge in [0, 0.05) is 6.07 Å². The van der Waals surface area contributed by atoms with Gasteiger partial charge in [0.05, 0.1) is 0 Å². The van der Waals surface area contributed by atoms with Gasteiger partial charge in [-0.2, -0.15) is 13.1 Å². The van der Waals surface area contributed by atoms with Gasteiger partial charge in [0.15, 0.2) is 6.20 Å². The number of hydrogen-bond acceptors (Lipinski definition) is 4. The lowest BCUT2D eigenvalue weighted by atomic mass is 10.4. The summed E-state index contributed by atoms with van der Waals surface area (Å²) in [7, 11) is -3.88. The first-order chi connectivity index (χ1) is 8.08. The van der Waals surface area contributed by atoms with Crippen LogP contribution in [0.1, 0.15) is 0 Å². The Kier molecular flexibility index (Phi) is 2.97. The van der Waals surface area contributed by atoms with Gasteiger partial charge in [-0.3, -0.25) is 0 Å². The molecule has 0 radical (unpaired) electrons. The van der Waals surface area contributed by atoms with Crippen molar-refractivity contribution in [1.29, 1.82) is 0 Å². The van der Waals surface area contributed by atoms with Crippen LogP contribution in [0.15, 0.2) is 59.8 Å². The van der Waals surface area contributed by atoms with E-state index >= 15 is 0 Å². The second-order valence-electron chi connectivity index (χ2n) is 3.25. The molecule has 1 heterocycles. The van der Waals surface area contributed by atoms with Crippen molar-refractivity contribution in [2.75, 3.05) is 0 Å². The topological polar surface area (TPSA) is 70.3 Å². The zero-order valence-electron chi connectivity index (χ0n) is 8.68. The molecule has 0 bridgehead atoms. The van der Waals surface area contributed by atoms with Crippen LogP contribution in [0.4, 0.5) is 0 Å². The second-order valence-corrected chi connectivity index (χ2v) is 4.80. The molecule has 2 aromatic rings. The molecule has 88 valence electrons. The zero-order valence-corrected chi connectivity index (χ0v) is 9.50. The highest BCUT2D eigenvalue weighted by Crippen LogP contribution is 2.16. The Morgan fingerprint density at radius 3 is 2.41 bits per heavy atom. The van der Waals surface area contributed by atoms with Crippen LogP contribution < -0.4 is 8.91 Å². The van der Waals surface area contributed by atoms with Crippen molar-refractivity contribution < 1.29 is 17.3 Å². The molecular weight excluding hydrogens is 242 g/mol. The van der Waals surface area contributed by atoms with Crippen molar-refractivity contribution in [3.05, 3.63) is 60.1 Å². The summed E-state index contributed by atoms with van der Waals surface area (Å²) in [6.45, 7) is 0. The highest BCUT2D eigenvalue weighted by molar-refractivity contribution is 7.87. The maximum atomic E-state index is 11.8. The molecule has 5 nitrogen and oxygen atoms in total. The SMILES string of the molecule is O=S(=O)(Oc1ccc[n+]([O-])c1)c1ccccc1. The Labute approximate surface area is 98.6 Å². The lowest BCUT2D eigenvalue weighted by Crippen LogP contribution is -2.24. The van der Waals surface area contributed by atoms with Gasteiger partial charge in [-0.25, -0.2) is 0 Å². The van der Waals surface area contributed by atoms with Crippen molar-refractivity contribution in [2.24, 2.45) is 0 Å². The van der Waals surface area contributed by atoms with E-state index in [-0.39, 0.29) is 10.6 Å². The molecule has 6 heteroatoms. The van der Waals surface area contributed by atoms with E-state index in [0.29, 0.717) is 4.73 Å². The number of aromatic nitrogens is 1. The molecule has 0 amide bonds. The summed E-state index contributed by atoms with van der Waals surface area (Å²) in [5.74, 6) is -0.0219.